The van der Waals surface area contributed by atoms with Gasteiger partial charge in [-0.15, -0.1) is 5.06 Å². The monoisotopic (exact) mass is 459 g/mol. The SMILES string of the molecule is CC(CS)C(=O)N(CC(=O)ON(C1CCCCC1)C1CCCCC1)N=Cc1ccccc1. The average Bonchev–Trinajstić information content (AvgIpc) is 2.85. The minimum absolute atomic E-state index is 0.198. The molecule has 6 nitrogen and oxygen atoms in total. The number of rotatable bonds is 9. The van der Waals surface area contributed by atoms with Gasteiger partial charge in [0.25, 0.3) is 0 Å². The number of hydroxylamine groups is 2. The Kier molecular flexibility index (Phi) is 10.1. The molecule has 0 N–H and O–H groups in total. The van der Waals surface area contributed by atoms with Crippen LogP contribution in [0.5, 0.6) is 0 Å². The smallest absolute Gasteiger partial charge is 0.346 e. The highest BCUT2D eigenvalue weighted by atomic mass is 32.1. The zero-order valence-electron chi connectivity index (χ0n) is 19.2. The van der Waals surface area contributed by atoms with E-state index >= 15 is 0 Å². The molecular formula is C25H37N3O3S. The number of benzene rings is 1. The van der Waals surface area contributed by atoms with Gasteiger partial charge >= 0.3 is 5.97 Å². The van der Waals surface area contributed by atoms with E-state index in [1.165, 1.54) is 43.5 Å². The number of nitrogens with zero attached hydrogens (tertiary/aromatic N) is 3. The molecule has 0 saturated heterocycles. The molecular weight excluding hydrogens is 422 g/mol. The van der Waals surface area contributed by atoms with Gasteiger partial charge in [0.05, 0.1) is 6.21 Å². The molecule has 0 aromatic heterocycles. The van der Waals surface area contributed by atoms with Gasteiger partial charge in [0, 0.05) is 23.8 Å². The Bertz CT molecular complexity index is 728. The Balaban J connectivity index is 1.70. The molecule has 32 heavy (non-hydrogen) atoms. The lowest BCUT2D eigenvalue weighted by Crippen LogP contribution is -2.48. The Hall–Kier alpha value is -1.86. The quantitative estimate of drug-likeness (QED) is 0.326. The molecule has 2 saturated carbocycles. The Labute approximate surface area is 197 Å². The van der Waals surface area contributed by atoms with E-state index in [0.29, 0.717) is 5.75 Å². The second kappa shape index (κ2) is 13.0. The molecule has 2 fully saturated rings. The highest BCUT2D eigenvalue weighted by Gasteiger charge is 2.33. The predicted octanol–water partition coefficient (Wildman–Crippen LogP) is 4.84. The number of thiol groups is 1. The van der Waals surface area contributed by atoms with Crippen LogP contribution in [0.3, 0.4) is 0 Å². The van der Waals surface area contributed by atoms with Crippen molar-refractivity contribution in [2.45, 2.75) is 83.2 Å². The minimum atomic E-state index is -0.425. The molecule has 1 unspecified atom stereocenters. The number of amides is 1. The molecule has 0 heterocycles. The van der Waals surface area contributed by atoms with E-state index in [1.807, 2.05) is 35.4 Å². The maximum atomic E-state index is 13.0. The fourth-order valence-corrected chi connectivity index (χ4v) is 4.73. The maximum Gasteiger partial charge on any atom is 0.346 e. The summed E-state index contributed by atoms with van der Waals surface area (Å²) in [6, 6.07) is 10.1. The highest BCUT2D eigenvalue weighted by Crippen LogP contribution is 2.30. The van der Waals surface area contributed by atoms with Crippen LogP contribution in [0, 0.1) is 5.92 Å². The summed E-state index contributed by atoms with van der Waals surface area (Å²) < 4.78 is 0. The fraction of sp³-hybridized carbons (Fsp3) is 0.640. The summed E-state index contributed by atoms with van der Waals surface area (Å²) >= 11 is 4.25. The van der Waals surface area contributed by atoms with Crippen molar-refractivity contribution < 1.29 is 14.4 Å². The maximum absolute atomic E-state index is 13.0. The Morgan fingerprint density at radius 2 is 1.59 bits per heavy atom. The number of carbonyl (C=O) groups excluding carboxylic acids is 2. The molecule has 1 aromatic rings. The minimum Gasteiger partial charge on any atom is -0.366 e. The molecule has 1 atom stereocenters. The molecule has 7 heteroatoms. The Morgan fingerprint density at radius 3 is 2.12 bits per heavy atom. The summed E-state index contributed by atoms with van der Waals surface area (Å²) in [5.74, 6) is -0.606. The van der Waals surface area contributed by atoms with Crippen LogP contribution in [0.25, 0.3) is 0 Å². The second-order valence-corrected chi connectivity index (χ2v) is 9.41. The molecule has 0 spiro atoms. The summed E-state index contributed by atoms with van der Waals surface area (Å²) in [7, 11) is 0. The summed E-state index contributed by atoms with van der Waals surface area (Å²) in [6.07, 6.45) is 13.1. The number of hydrazone groups is 1. The first kappa shape index (κ1) is 24.8. The van der Waals surface area contributed by atoms with Crippen molar-refractivity contribution in [1.29, 1.82) is 0 Å². The molecule has 0 aliphatic heterocycles. The van der Waals surface area contributed by atoms with Crippen LogP contribution in [0.2, 0.25) is 0 Å². The number of hydrogen-bond acceptors (Lipinski definition) is 6. The molecule has 1 aromatic carbocycles. The van der Waals surface area contributed by atoms with E-state index in [9.17, 15) is 9.59 Å². The molecule has 0 radical (unpaired) electrons. The molecule has 2 aliphatic rings. The third-order valence-electron chi connectivity index (χ3n) is 6.45. The van der Waals surface area contributed by atoms with Gasteiger partial charge in [0.2, 0.25) is 5.91 Å². The topological polar surface area (TPSA) is 62.2 Å². The summed E-state index contributed by atoms with van der Waals surface area (Å²) in [5, 5.41) is 7.57. The van der Waals surface area contributed by atoms with Crippen LogP contribution in [-0.4, -0.2) is 52.5 Å². The zero-order valence-corrected chi connectivity index (χ0v) is 20.1. The van der Waals surface area contributed by atoms with Crippen molar-refractivity contribution in [3.63, 3.8) is 0 Å². The number of carbonyl (C=O) groups is 2. The van der Waals surface area contributed by atoms with Crippen molar-refractivity contribution in [2.24, 2.45) is 11.0 Å². The van der Waals surface area contributed by atoms with Crippen LogP contribution >= 0.6 is 12.6 Å². The average molecular weight is 460 g/mol. The lowest BCUT2D eigenvalue weighted by atomic mass is 9.90. The highest BCUT2D eigenvalue weighted by molar-refractivity contribution is 7.80. The van der Waals surface area contributed by atoms with Gasteiger partial charge in [-0.3, -0.25) is 4.79 Å². The fourth-order valence-electron chi connectivity index (χ4n) is 4.57. The van der Waals surface area contributed by atoms with Crippen LogP contribution in [0.1, 0.15) is 76.7 Å². The van der Waals surface area contributed by atoms with E-state index in [4.69, 9.17) is 4.84 Å². The van der Waals surface area contributed by atoms with Crippen LogP contribution in [0.15, 0.2) is 35.4 Å². The van der Waals surface area contributed by atoms with Gasteiger partial charge < -0.3 is 4.84 Å². The zero-order chi connectivity index (χ0) is 22.8. The lowest BCUT2D eigenvalue weighted by molar-refractivity contribution is -0.223. The third kappa shape index (κ3) is 7.34. The van der Waals surface area contributed by atoms with Crippen LogP contribution < -0.4 is 0 Å². The second-order valence-electron chi connectivity index (χ2n) is 9.04. The van der Waals surface area contributed by atoms with Crippen LogP contribution in [0.4, 0.5) is 0 Å². The van der Waals surface area contributed by atoms with Gasteiger partial charge in [0.15, 0.2) is 0 Å². The first-order valence-electron chi connectivity index (χ1n) is 12.1. The van der Waals surface area contributed by atoms with Gasteiger partial charge in [-0.2, -0.15) is 17.7 Å². The van der Waals surface area contributed by atoms with Crippen molar-refractivity contribution in [3.05, 3.63) is 35.9 Å². The van der Waals surface area contributed by atoms with Gasteiger partial charge in [-0.1, -0.05) is 75.8 Å². The molecule has 2 aliphatic carbocycles. The van der Waals surface area contributed by atoms with E-state index in [-0.39, 0.29) is 30.5 Å². The van der Waals surface area contributed by atoms with E-state index in [0.717, 1.165) is 31.2 Å². The van der Waals surface area contributed by atoms with Crippen molar-refractivity contribution in [1.82, 2.24) is 10.1 Å². The van der Waals surface area contributed by atoms with Gasteiger partial charge in [0.1, 0.15) is 6.54 Å². The third-order valence-corrected chi connectivity index (χ3v) is 7.00. The van der Waals surface area contributed by atoms with Gasteiger partial charge in [-0.05, 0) is 31.2 Å². The van der Waals surface area contributed by atoms with E-state index in [2.05, 4.69) is 17.7 Å². The molecule has 3 rings (SSSR count). The van der Waals surface area contributed by atoms with Crippen molar-refractivity contribution >= 4 is 30.7 Å². The molecule has 0 bridgehead atoms. The van der Waals surface area contributed by atoms with Gasteiger partial charge in [-0.25, -0.2) is 9.80 Å². The first-order chi connectivity index (χ1) is 15.6. The van der Waals surface area contributed by atoms with E-state index < -0.39 is 5.97 Å². The Morgan fingerprint density at radius 1 is 1.03 bits per heavy atom. The standard InChI is InChI=1S/C25H37N3O3S/c1-20(19-32)25(30)27(26-17-21-11-5-2-6-12-21)18-24(29)31-28(22-13-7-3-8-14-22)23-15-9-4-10-16-23/h2,5-6,11-12,17,20,22-23,32H,3-4,7-10,13-16,18-19H2,1H3. The van der Waals surface area contributed by atoms with Crippen molar-refractivity contribution in [3.8, 4) is 0 Å². The molecule has 176 valence electrons. The first-order valence-corrected chi connectivity index (χ1v) is 12.7. The largest absolute Gasteiger partial charge is 0.366 e. The predicted molar refractivity (Wildman–Crippen MR) is 130 cm³/mol. The lowest BCUT2D eigenvalue weighted by Gasteiger charge is -2.39. The van der Waals surface area contributed by atoms with E-state index in [1.54, 1.807) is 13.1 Å². The normalized spacial score (nSPS) is 19.2. The summed E-state index contributed by atoms with van der Waals surface area (Å²) in [6.45, 7) is 1.60. The van der Waals surface area contributed by atoms with Crippen LogP contribution in [-0.2, 0) is 14.4 Å². The molecule has 1 amide bonds. The summed E-state index contributed by atoms with van der Waals surface area (Å²) in [4.78, 5) is 31.9. The summed E-state index contributed by atoms with van der Waals surface area (Å²) in [5.41, 5.74) is 0.864. The number of hydrogen-bond donors (Lipinski definition) is 1. The van der Waals surface area contributed by atoms with Crippen molar-refractivity contribution in [2.75, 3.05) is 12.3 Å².